The van der Waals surface area contributed by atoms with Crippen molar-refractivity contribution in [1.82, 2.24) is 0 Å². The maximum absolute atomic E-state index is 5.98. The van der Waals surface area contributed by atoms with E-state index in [0.29, 0.717) is 0 Å². The van der Waals surface area contributed by atoms with Crippen LogP contribution in [0.25, 0.3) is 0 Å². The zero-order valence-corrected chi connectivity index (χ0v) is 9.55. The van der Waals surface area contributed by atoms with E-state index >= 15 is 0 Å². The molecule has 0 bridgehead atoms. The van der Waals surface area contributed by atoms with Crippen molar-refractivity contribution in [2.75, 3.05) is 5.73 Å². The molecule has 1 aliphatic rings. The minimum Gasteiger partial charge on any atom is -0.399 e. The Balaban J connectivity index is 2.13. The number of anilines is 1. The lowest BCUT2D eigenvalue weighted by molar-refractivity contribution is 1.06. The van der Waals surface area contributed by atoms with Gasteiger partial charge in [0.05, 0.1) is 0 Å². The number of hydrogen-bond acceptors (Lipinski definition) is 2. The van der Waals surface area contributed by atoms with Crippen LogP contribution in [0.2, 0.25) is 0 Å². The highest BCUT2D eigenvalue weighted by Crippen LogP contribution is 2.38. The van der Waals surface area contributed by atoms with Gasteiger partial charge in [0.1, 0.15) is 7.85 Å². The lowest BCUT2D eigenvalue weighted by atomic mass is 9.92. The molecule has 0 saturated carbocycles. The molecule has 3 heteroatoms. The average molecular weight is 223 g/mol. The van der Waals surface area contributed by atoms with Crippen LogP contribution in [0.5, 0.6) is 0 Å². The van der Waals surface area contributed by atoms with Gasteiger partial charge >= 0.3 is 0 Å². The van der Waals surface area contributed by atoms with E-state index in [1.54, 1.807) is 11.8 Å². The fourth-order valence-electron chi connectivity index (χ4n) is 2.02. The third-order valence-electron chi connectivity index (χ3n) is 2.80. The third kappa shape index (κ3) is 1.52. The quantitative estimate of drug-likeness (QED) is 0.466. The summed E-state index contributed by atoms with van der Waals surface area (Å²) in [6.45, 7) is 0. The van der Waals surface area contributed by atoms with Gasteiger partial charge < -0.3 is 5.73 Å². The SMILES string of the molecule is [B]c1cccc2c1Sc1ccc(N)cc1C2. The molecule has 2 radical (unpaired) electrons. The first-order valence-corrected chi connectivity index (χ1v) is 5.99. The summed E-state index contributed by atoms with van der Waals surface area (Å²) in [5, 5.41) is 0. The topological polar surface area (TPSA) is 26.0 Å². The fourth-order valence-corrected chi connectivity index (χ4v) is 3.10. The fraction of sp³-hybridized carbons (Fsp3) is 0.0769. The van der Waals surface area contributed by atoms with E-state index in [-0.39, 0.29) is 0 Å². The summed E-state index contributed by atoms with van der Waals surface area (Å²) in [4.78, 5) is 2.46. The zero-order chi connectivity index (χ0) is 11.1. The Labute approximate surface area is 100 Å². The van der Waals surface area contributed by atoms with E-state index in [1.807, 2.05) is 18.2 Å². The third-order valence-corrected chi connectivity index (χ3v) is 4.12. The van der Waals surface area contributed by atoms with Crippen molar-refractivity contribution in [3.63, 3.8) is 0 Å². The van der Waals surface area contributed by atoms with Crippen LogP contribution in [-0.4, -0.2) is 7.85 Å². The second-order valence-electron chi connectivity index (χ2n) is 3.98. The molecule has 0 amide bonds. The van der Waals surface area contributed by atoms with Gasteiger partial charge in [-0.15, -0.1) is 0 Å². The Morgan fingerprint density at radius 1 is 1.12 bits per heavy atom. The summed E-state index contributed by atoms with van der Waals surface area (Å²) in [5.74, 6) is 0. The Morgan fingerprint density at radius 3 is 2.88 bits per heavy atom. The molecule has 1 aliphatic heterocycles. The highest BCUT2D eigenvalue weighted by Gasteiger charge is 2.16. The van der Waals surface area contributed by atoms with Crippen molar-refractivity contribution in [3.8, 4) is 0 Å². The van der Waals surface area contributed by atoms with E-state index in [9.17, 15) is 0 Å². The van der Waals surface area contributed by atoms with Crippen LogP contribution in [-0.2, 0) is 6.42 Å². The van der Waals surface area contributed by atoms with E-state index < -0.39 is 0 Å². The summed E-state index contributed by atoms with van der Waals surface area (Å²) in [6.07, 6.45) is 0.924. The van der Waals surface area contributed by atoms with Crippen LogP contribution < -0.4 is 11.2 Å². The molecule has 0 fully saturated rings. The van der Waals surface area contributed by atoms with Crippen molar-refractivity contribution in [3.05, 3.63) is 47.5 Å². The first kappa shape index (κ1) is 9.85. The Hall–Kier alpha value is -1.35. The minimum atomic E-state index is 0.826. The van der Waals surface area contributed by atoms with E-state index in [2.05, 4.69) is 18.2 Å². The summed E-state index contributed by atoms with van der Waals surface area (Å²) in [6, 6.07) is 12.2. The predicted molar refractivity (Wildman–Crippen MR) is 69.6 cm³/mol. The molecule has 0 atom stereocenters. The molecule has 76 valence electrons. The molecular formula is C13H10BNS. The number of nitrogens with two attached hydrogens (primary N) is 1. The highest BCUT2D eigenvalue weighted by molar-refractivity contribution is 7.99. The van der Waals surface area contributed by atoms with Crippen LogP contribution in [0.1, 0.15) is 11.1 Å². The number of rotatable bonds is 0. The molecule has 1 nitrogen and oxygen atoms in total. The first-order chi connectivity index (χ1) is 7.74. The van der Waals surface area contributed by atoms with Crippen LogP contribution in [0.4, 0.5) is 5.69 Å². The Bertz CT molecular complexity index is 566. The molecule has 0 saturated heterocycles. The second-order valence-corrected chi connectivity index (χ2v) is 5.03. The van der Waals surface area contributed by atoms with E-state index in [4.69, 9.17) is 13.6 Å². The Morgan fingerprint density at radius 2 is 2.00 bits per heavy atom. The molecule has 3 rings (SSSR count). The van der Waals surface area contributed by atoms with Crippen LogP contribution in [0.15, 0.2) is 46.2 Å². The Kier molecular flexibility index (Phi) is 2.21. The van der Waals surface area contributed by atoms with Gasteiger partial charge in [0, 0.05) is 15.5 Å². The predicted octanol–water partition coefficient (Wildman–Crippen LogP) is 2.12. The molecule has 0 spiro atoms. The summed E-state index contributed by atoms with van der Waals surface area (Å²) < 4.78 is 0. The van der Waals surface area contributed by atoms with Gasteiger partial charge in [0.25, 0.3) is 0 Å². The largest absolute Gasteiger partial charge is 0.399 e. The van der Waals surface area contributed by atoms with Gasteiger partial charge in [0.2, 0.25) is 0 Å². The van der Waals surface area contributed by atoms with Crippen molar-refractivity contribution < 1.29 is 0 Å². The van der Waals surface area contributed by atoms with E-state index in [1.165, 1.54) is 20.9 Å². The molecule has 16 heavy (non-hydrogen) atoms. The molecule has 1 heterocycles. The second kappa shape index (κ2) is 3.60. The zero-order valence-electron chi connectivity index (χ0n) is 8.73. The number of nitrogen functional groups attached to an aromatic ring is 1. The smallest absolute Gasteiger partial charge is 0.115 e. The highest BCUT2D eigenvalue weighted by atomic mass is 32.2. The molecule has 2 N–H and O–H groups in total. The van der Waals surface area contributed by atoms with Crippen LogP contribution >= 0.6 is 11.8 Å². The number of benzene rings is 2. The molecule has 2 aromatic rings. The van der Waals surface area contributed by atoms with Gasteiger partial charge in [-0.2, -0.15) is 0 Å². The minimum absolute atomic E-state index is 0.826. The number of fused-ring (bicyclic) bond motifs is 2. The molecule has 2 aromatic carbocycles. The van der Waals surface area contributed by atoms with Crippen molar-refractivity contribution >= 4 is 30.8 Å². The molecule has 0 aromatic heterocycles. The van der Waals surface area contributed by atoms with Gasteiger partial charge in [-0.05, 0) is 35.7 Å². The lowest BCUT2D eigenvalue weighted by Gasteiger charge is -2.21. The normalized spacial score (nSPS) is 13.0. The van der Waals surface area contributed by atoms with Gasteiger partial charge in [-0.25, -0.2) is 0 Å². The van der Waals surface area contributed by atoms with Crippen LogP contribution in [0, 0.1) is 0 Å². The van der Waals surface area contributed by atoms with Crippen molar-refractivity contribution in [1.29, 1.82) is 0 Å². The average Bonchev–Trinajstić information content (AvgIpc) is 2.27. The van der Waals surface area contributed by atoms with Gasteiger partial charge in [0.15, 0.2) is 0 Å². The van der Waals surface area contributed by atoms with Crippen molar-refractivity contribution in [2.45, 2.75) is 16.2 Å². The molecular weight excluding hydrogens is 213 g/mol. The van der Waals surface area contributed by atoms with Gasteiger partial charge in [-0.1, -0.05) is 35.4 Å². The summed E-state index contributed by atoms with van der Waals surface area (Å²) in [7, 11) is 5.98. The van der Waals surface area contributed by atoms with Gasteiger partial charge in [-0.3, -0.25) is 0 Å². The van der Waals surface area contributed by atoms with Crippen molar-refractivity contribution in [2.24, 2.45) is 0 Å². The van der Waals surface area contributed by atoms with Crippen LogP contribution in [0.3, 0.4) is 0 Å². The maximum Gasteiger partial charge on any atom is 0.115 e. The summed E-state index contributed by atoms with van der Waals surface area (Å²) in [5.41, 5.74) is 10.1. The molecule has 0 unspecified atom stereocenters. The lowest BCUT2D eigenvalue weighted by Crippen LogP contribution is -2.12. The number of hydrogen-bond donors (Lipinski definition) is 1. The first-order valence-electron chi connectivity index (χ1n) is 5.17. The summed E-state index contributed by atoms with van der Waals surface area (Å²) >= 11 is 1.74. The monoisotopic (exact) mass is 223 g/mol. The maximum atomic E-state index is 5.98. The standard InChI is InChI=1S/C13H10BNS/c14-11-3-1-2-8-6-9-7-10(15)4-5-12(9)16-13(8)11/h1-5,7H,6,15H2. The van der Waals surface area contributed by atoms with E-state index in [0.717, 1.165) is 17.6 Å². The molecule has 0 aliphatic carbocycles.